The molecule has 0 radical (unpaired) electrons. The van der Waals surface area contributed by atoms with E-state index in [1.54, 1.807) is 24.3 Å². The zero-order valence-electron chi connectivity index (χ0n) is 19.8. The second-order valence-corrected chi connectivity index (χ2v) is 11.6. The standard InChI is InChI=1S/C25H27Cl2N5O2S/c1-4-32-29-25(28-30-32)16-31(35(33,34)22-12-17(2)11-18(3)13-22)24-10-9-21(26)15-20(24)14-19-7-5-6-8-23(19)27/h5-12,15,22H,4,13-14,16H2,1-3H3. The molecule has 35 heavy (non-hydrogen) atoms. The number of tetrazole rings is 1. The third kappa shape index (κ3) is 5.77. The van der Waals surface area contributed by atoms with Crippen LogP contribution in [0.25, 0.3) is 0 Å². The Morgan fingerprint density at radius 1 is 1.11 bits per heavy atom. The Hall–Kier alpha value is -2.68. The highest BCUT2D eigenvalue weighted by molar-refractivity contribution is 7.93. The van der Waals surface area contributed by atoms with Crippen molar-refractivity contribution in [1.29, 1.82) is 0 Å². The van der Waals surface area contributed by atoms with Crippen molar-refractivity contribution < 1.29 is 8.42 Å². The first-order valence-electron chi connectivity index (χ1n) is 11.3. The van der Waals surface area contributed by atoms with E-state index < -0.39 is 15.3 Å². The number of benzene rings is 2. The molecular weight excluding hydrogens is 505 g/mol. The third-order valence-electron chi connectivity index (χ3n) is 5.85. The topological polar surface area (TPSA) is 81.0 Å². The van der Waals surface area contributed by atoms with Gasteiger partial charge >= 0.3 is 0 Å². The van der Waals surface area contributed by atoms with Crippen LogP contribution in [-0.2, 0) is 29.5 Å². The van der Waals surface area contributed by atoms with E-state index >= 15 is 0 Å². The average molecular weight is 532 g/mol. The van der Waals surface area contributed by atoms with Gasteiger partial charge in [0.15, 0.2) is 5.82 Å². The summed E-state index contributed by atoms with van der Waals surface area (Å²) >= 11 is 12.8. The van der Waals surface area contributed by atoms with Crippen molar-refractivity contribution in [2.45, 2.75) is 52.0 Å². The zero-order chi connectivity index (χ0) is 25.2. The van der Waals surface area contributed by atoms with Crippen LogP contribution < -0.4 is 4.31 Å². The van der Waals surface area contributed by atoms with Crippen molar-refractivity contribution in [1.82, 2.24) is 20.2 Å². The van der Waals surface area contributed by atoms with Gasteiger partial charge in [-0.2, -0.15) is 4.80 Å². The fraction of sp³-hybridized carbons (Fsp3) is 0.320. The highest BCUT2D eigenvalue weighted by atomic mass is 35.5. The number of aromatic nitrogens is 4. The van der Waals surface area contributed by atoms with Crippen LogP contribution in [0.2, 0.25) is 10.0 Å². The molecule has 0 fully saturated rings. The van der Waals surface area contributed by atoms with Gasteiger partial charge in [0.1, 0.15) is 5.25 Å². The van der Waals surface area contributed by atoms with Gasteiger partial charge in [-0.05, 0) is 67.8 Å². The lowest BCUT2D eigenvalue weighted by molar-refractivity contribution is 0.549. The van der Waals surface area contributed by atoms with Crippen LogP contribution in [0.1, 0.15) is 44.1 Å². The molecule has 0 aliphatic heterocycles. The van der Waals surface area contributed by atoms with Crippen molar-refractivity contribution in [3.8, 4) is 0 Å². The SMILES string of the molecule is CCn1nnc(CN(c2ccc(Cl)cc2Cc2ccccc2Cl)S(=O)(=O)C2C=C(C)C=C(C)C2)n1. The number of sulfonamides is 1. The van der Waals surface area contributed by atoms with Crippen molar-refractivity contribution in [2.75, 3.05) is 4.31 Å². The summed E-state index contributed by atoms with van der Waals surface area (Å²) in [5.41, 5.74) is 4.06. The van der Waals surface area contributed by atoms with Crippen LogP contribution in [0, 0.1) is 0 Å². The van der Waals surface area contributed by atoms with Crippen molar-refractivity contribution in [2.24, 2.45) is 0 Å². The molecule has 0 saturated carbocycles. The fourth-order valence-electron chi connectivity index (χ4n) is 4.22. The number of hydrogen-bond donors (Lipinski definition) is 0. The van der Waals surface area contributed by atoms with Crippen LogP contribution in [0.15, 0.2) is 65.8 Å². The summed E-state index contributed by atoms with van der Waals surface area (Å²) in [7, 11) is -3.85. The van der Waals surface area contributed by atoms with Crippen molar-refractivity contribution in [3.63, 3.8) is 0 Å². The second-order valence-electron chi connectivity index (χ2n) is 8.63. The number of nitrogens with zero attached hydrogens (tertiary/aromatic N) is 5. The molecular formula is C25H27Cl2N5O2S. The normalized spacial score (nSPS) is 16.1. The summed E-state index contributed by atoms with van der Waals surface area (Å²) in [5, 5.41) is 12.8. The maximum Gasteiger partial charge on any atom is 0.242 e. The second kappa shape index (κ2) is 10.5. The van der Waals surface area contributed by atoms with E-state index in [0.29, 0.717) is 40.9 Å². The highest BCUT2D eigenvalue weighted by Gasteiger charge is 2.34. The zero-order valence-corrected chi connectivity index (χ0v) is 22.1. The molecule has 3 aromatic rings. The first kappa shape index (κ1) is 25.4. The lowest BCUT2D eigenvalue weighted by Gasteiger charge is -2.30. The van der Waals surface area contributed by atoms with Crippen LogP contribution >= 0.6 is 23.2 Å². The molecule has 184 valence electrons. The lowest BCUT2D eigenvalue weighted by atomic mass is 10.0. The molecule has 10 heteroatoms. The molecule has 1 atom stereocenters. The van der Waals surface area contributed by atoms with Gasteiger partial charge in [0.25, 0.3) is 0 Å². The van der Waals surface area contributed by atoms with Crippen LogP contribution in [0.3, 0.4) is 0 Å². The molecule has 0 spiro atoms. The predicted molar refractivity (Wildman–Crippen MR) is 140 cm³/mol. The molecule has 2 aromatic carbocycles. The minimum Gasteiger partial charge on any atom is -0.262 e. The first-order chi connectivity index (χ1) is 16.7. The molecule has 1 heterocycles. The fourth-order valence-corrected chi connectivity index (χ4v) is 6.55. The third-order valence-corrected chi connectivity index (χ3v) is 8.46. The predicted octanol–water partition coefficient (Wildman–Crippen LogP) is 5.59. The summed E-state index contributed by atoms with van der Waals surface area (Å²) < 4.78 is 29.6. The number of anilines is 1. The summed E-state index contributed by atoms with van der Waals surface area (Å²) in [6.07, 6.45) is 4.64. The maximum absolute atomic E-state index is 14.1. The van der Waals surface area contributed by atoms with Gasteiger partial charge in [-0.15, -0.1) is 10.2 Å². The Bertz CT molecular complexity index is 1400. The van der Waals surface area contributed by atoms with Crippen LogP contribution in [-0.4, -0.2) is 33.9 Å². The van der Waals surface area contributed by atoms with Crippen LogP contribution in [0.4, 0.5) is 5.69 Å². The van der Waals surface area contributed by atoms with Crippen molar-refractivity contribution >= 4 is 38.9 Å². The molecule has 0 bridgehead atoms. The van der Waals surface area contributed by atoms with Gasteiger partial charge < -0.3 is 0 Å². The number of halogens is 2. The average Bonchev–Trinajstić information content (AvgIpc) is 3.27. The van der Waals surface area contributed by atoms with Gasteiger partial charge in [-0.1, -0.05) is 64.7 Å². The Balaban J connectivity index is 1.82. The Morgan fingerprint density at radius 2 is 1.89 bits per heavy atom. The number of hydrogen-bond acceptors (Lipinski definition) is 5. The van der Waals surface area contributed by atoms with Gasteiger partial charge in [0, 0.05) is 16.5 Å². The summed E-state index contributed by atoms with van der Waals surface area (Å²) in [6, 6.07) is 12.7. The molecule has 0 saturated heterocycles. The molecule has 0 amide bonds. The smallest absolute Gasteiger partial charge is 0.242 e. The quantitative estimate of drug-likeness (QED) is 0.378. The maximum atomic E-state index is 14.1. The Morgan fingerprint density at radius 3 is 2.57 bits per heavy atom. The van der Waals surface area contributed by atoms with E-state index in [0.717, 1.165) is 22.3 Å². The largest absolute Gasteiger partial charge is 0.262 e. The molecule has 0 N–H and O–H groups in total. The van der Waals surface area contributed by atoms with E-state index in [9.17, 15) is 8.42 Å². The van der Waals surface area contributed by atoms with Gasteiger partial charge in [-0.25, -0.2) is 8.42 Å². The Labute approximate surface area is 216 Å². The van der Waals surface area contributed by atoms with Gasteiger partial charge in [0.05, 0.1) is 18.8 Å². The van der Waals surface area contributed by atoms with E-state index in [1.807, 2.05) is 51.1 Å². The highest BCUT2D eigenvalue weighted by Crippen LogP contribution is 2.34. The molecule has 1 aliphatic carbocycles. The Kier molecular flexibility index (Phi) is 7.64. The summed E-state index contributed by atoms with van der Waals surface area (Å²) in [4.78, 5) is 1.43. The van der Waals surface area contributed by atoms with E-state index in [1.165, 1.54) is 9.10 Å². The summed E-state index contributed by atoms with van der Waals surface area (Å²) in [5.74, 6) is 0.317. The van der Waals surface area contributed by atoms with E-state index in [4.69, 9.17) is 23.2 Å². The van der Waals surface area contributed by atoms with E-state index in [2.05, 4.69) is 15.4 Å². The molecule has 4 rings (SSSR count). The van der Waals surface area contributed by atoms with E-state index in [-0.39, 0.29) is 6.54 Å². The number of allylic oxidation sites excluding steroid dienone is 3. The molecule has 1 aliphatic rings. The van der Waals surface area contributed by atoms with Gasteiger partial charge in [0.2, 0.25) is 10.0 Å². The van der Waals surface area contributed by atoms with Crippen molar-refractivity contribution in [3.05, 3.63) is 92.8 Å². The first-order valence-corrected chi connectivity index (χ1v) is 13.6. The molecule has 1 unspecified atom stereocenters. The number of aryl methyl sites for hydroxylation is 1. The molecule has 7 nitrogen and oxygen atoms in total. The monoisotopic (exact) mass is 531 g/mol. The lowest BCUT2D eigenvalue weighted by Crippen LogP contribution is -2.39. The minimum atomic E-state index is -3.85. The number of rotatable bonds is 8. The van der Waals surface area contributed by atoms with Gasteiger partial charge in [-0.3, -0.25) is 4.31 Å². The minimum absolute atomic E-state index is 0.0500. The summed E-state index contributed by atoms with van der Waals surface area (Å²) in [6.45, 7) is 6.24. The molecule has 1 aromatic heterocycles. The van der Waals surface area contributed by atoms with Crippen LogP contribution in [0.5, 0.6) is 0 Å².